The molecule has 0 amide bonds. The van der Waals surface area contributed by atoms with Crippen molar-refractivity contribution < 1.29 is 24.5 Å². The first-order valence-electron chi connectivity index (χ1n) is 8.72. The fourth-order valence-corrected chi connectivity index (χ4v) is 2.40. The van der Waals surface area contributed by atoms with Gasteiger partial charge in [-0.1, -0.05) is 0 Å². The number of anilines is 1. The Hall–Kier alpha value is -2.61. The highest BCUT2D eigenvalue weighted by Gasteiger charge is 2.22. The number of hydrogen-bond acceptors (Lipinski definition) is 6. The largest absolute Gasteiger partial charge is 0.492 e. The molecule has 3 rings (SSSR count). The van der Waals surface area contributed by atoms with Gasteiger partial charge in [-0.05, 0) is 31.7 Å². The van der Waals surface area contributed by atoms with Crippen molar-refractivity contribution in [2.45, 2.75) is 19.3 Å². The van der Waals surface area contributed by atoms with Crippen molar-refractivity contribution in [1.82, 2.24) is 10.3 Å². The van der Waals surface area contributed by atoms with Gasteiger partial charge >= 0.3 is 11.9 Å². The van der Waals surface area contributed by atoms with Crippen LogP contribution < -0.4 is 15.0 Å². The van der Waals surface area contributed by atoms with Gasteiger partial charge in [0.25, 0.3) is 0 Å². The summed E-state index contributed by atoms with van der Waals surface area (Å²) in [5.74, 6) is -0.813. The molecule has 1 aliphatic heterocycles. The summed E-state index contributed by atoms with van der Waals surface area (Å²) >= 11 is 0. The summed E-state index contributed by atoms with van der Waals surface area (Å²) in [6.45, 7) is 5.16. The number of nitrogens with zero attached hydrogens (tertiary/aromatic N) is 2. The first-order chi connectivity index (χ1) is 12.5. The van der Waals surface area contributed by atoms with Crippen LogP contribution in [0.25, 0.3) is 0 Å². The van der Waals surface area contributed by atoms with E-state index in [2.05, 4.69) is 21.3 Å². The smallest absolute Gasteiger partial charge is 0.328 e. The minimum absolute atomic E-state index is 0.558. The summed E-state index contributed by atoms with van der Waals surface area (Å²) in [5.41, 5.74) is 1.19. The fourth-order valence-electron chi connectivity index (χ4n) is 2.40. The molecule has 8 heteroatoms. The highest BCUT2D eigenvalue weighted by Crippen LogP contribution is 2.30. The lowest BCUT2D eigenvalue weighted by Gasteiger charge is -2.22. The molecule has 1 aromatic heterocycles. The Morgan fingerprint density at radius 1 is 1.19 bits per heavy atom. The lowest BCUT2D eigenvalue weighted by Crippen LogP contribution is -2.27. The van der Waals surface area contributed by atoms with Crippen molar-refractivity contribution >= 4 is 17.6 Å². The summed E-state index contributed by atoms with van der Waals surface area (Å²) in [4.78, 5) is 25.8. The second-order valence-corrected chi connectivity index (χ2v) is 6.23. The molecule has 1 saturated carbocycles. The topological polar surface area (TPSA) is 112 Å². The van der Waals surface area contributed by atoms with Crippen LogP contribution in [0.3, 0.4) is 0 Å². The third-order valence-electron chi connectivity index (χ3n) is 3.96. The summed E-state index contributed by atoms with van der Waals surface area (Å²) in [6, 6.07) is 2.13. The molecular weight excluding hydrogens is 338 g/mol. The van der Waals surface area contributed by atoms with Gasteiger partial charge in [-0.2, -0.15) is 0 Å². The minimum atomic E-state index is -1.26. The lowest BCUT2D eigenvalue weighted by atomic mass is 10.3. The van der Waals surface area contributed by atoms with Gasteiger partial charge in [-0.15, -0.1) is 0 Å². The molecule has 1 aliphatic carbocycles. The molecule has 1 aromatic rings. The molecule has 0 spiro atoms. The van der Waals surface area contributed by atoms with Crippen molar-refractivity contribution in [2.75, 3.05) is 37.7 Å². The van der Waals surface area contributed by atoms with Gasteiger partial charge in [0.05, 0.1) is 24.7 Å². The zero-order valence-corrected chi connectivity index (χ0v) is 14.6. The second-order valence-electron chi connectivity index (χ2n) is 6.23. The second kappa shape index (κ2) is 10.4. The lowest BCUT2D eigenvalue weighted by molar-refractivity contribution is -0.134. The Kier molecular flexibility index (Phi) is 7.88. The zero-order valence-electron chi connectivity index (χ0n) is 14.6. The normalized spacial score (nSPS) is 17.2. The Balaban J connectivity index is 0.000000260. The maximum absolute atomic E-state index is 9.55. The molecule has 3 N–H and O–H groups in total. The van der Waals surface area contributed by atoms with Gasteiger partial charge in [-0.3, -0.25) is 4.98 Å². The molecule has 8 nitrogen and oxygen atoms in total. The Labute approximate surface area is 152 Å². The number of pyridine rings is 1. The zero-order chi connectivity index (χ0) is 18.8. The van der Waals surface area contributed by atoms with Gasteiger partial charge in [0.1, 0.15) is 5.75 Å². The van der Waals surface area contributed by atoms with Gasteiger partial charge < -0.3 is 25.2 Å². The monoisotopic (exact) mass is 363 g/mol. The standard InChI is InChI=1S/C14H21N3O.C4H4O4/c1-4-15-5-7-17(6-1)13-8-14(10-16-9-13)18-11-12-2-3-12;5-3(6)1-2-4(7)8/h8-10,12,15H,1-7,11H2;1-2H,(H,5,6)(H,7,8)/b;2-1+. The van der Waals surface area contributed by atoms with Crippen LogP contribution in [-0.4, -0.2) is 59.9 Å². The van der Waals surface area contributed by atoms with E-state index in [1.807, 2.05) is 12.4 Å². The molecule has 0 unspecified atom stereocenters. The van der Waals surface area contributed by atoms with Crippen LogP contribution in [0.5, 0.6) is 5.75 Å². The Bertz CT molecular complexity index is 607. The highest BCUT2D eigenvalue weighted by molar-refractivity contribution is 5.89. The van der Waals surface area contributed by atoms with Crippen LogP contribution in [0.15, 0.2) is 30.6 Å². The van der Waals surface area contributed by atoms with Crippen molar-refractivity contribution in [3.05, 3.63) is 30.6 Å². The van der Waals surface area contributed by atoms with Crippen molar-refractivity contribution in [3.63, 3.8) is 0 Å². The first-order valence-corrected chi connectivity index (χ1v) is 8.72. The Morgan fingerprint density at radius 2 is 1.92 bits per heavy atom. The van der Waals surface area contributed by atoms with Crippen LogP contribution in [-0.2, 0) is 9.59 Å². The molecule has 0 atom stereocenters. The maximum Gasteiger partial charge on any atom is 0.328 e. The van der Waals surface area contributed by atoms with E-state index in [-0.39, 0.29) is 0 Å². The van der Waals surface area contributed by atoms with Crippen molar-refractivity contribution in [1.29, 1.82) is 0 Å². The molecule has 142 valence electrons. The summed E-state index contributed by atoms with van der Waals surface area (Å²) in [5, 5.41) is 19.0. The summed E-state index contributed by atoms with van der Waals surface area (Å²) in [6.07, 6.45) is 8.71. The maximum atomic E-state index is 9.55. The average molecular weight is 363 g/mol. The number of rotatable bonds is 6. The average Bonchev–Trinajstić information content (AvgIpc) is 3.46. The van der Waals surface area contributed by atoms with E-state index >= 15 is 0 Å². The molecule has 2 fully saturated rings. The number of ether oxygens (including phenoxy) is 1. The van der Waals surface area contributed by atoms with Gasteiger partial charge in [0.2, 0.25) is 0 Å². The molecule has 0 bridgehead atoms. The number of carboxylic acid groups (broad SMARTS) is 2. The van der Waals surface area contributed by atoms with E-state index in [4.69, 9.17) is 14.9 Å². The van der Waals surface area contributed by atoms with E-state index in [0.29, 0.717) is 12.2 Å². The third kappa shape index (κ3) is 7.98. The van der Waals surface area contributed by atoms with E-state index in [0.717, 1.165) is 44.5 Å². The molecule has 2 heterocycles. The Morgan fingerprint density at radius 3 is 2.58 bits per heavy atom. The van der Waals surface area contributed by atoms with E-state index in [1.165, 1.54) is 24.9 Å². The fraction of sp³-hybridized carbons (Fsp3) is 0.500. The number of nitrogens with one attached hydrogen (secondary N) is 1. The number of aromatic nitrogens is 1. The number of aliphatic carboxylic acids is 2. The number of carboxylic acids is 2. The summed E-state index contributed by atoms with van der Waals surface area (Å²) in [7, 11) is 0. The molecule has 0 radical (unpaired) electrons. The molecule has 0 aromatic carbocycles. The van der Waals surface area contributed by atoms with E-state index < -0.39 is 11.9 Å². The minimum Gasteiger partial charge on any atom is -0.492 e. The summed E-state index contributed by atoms with van der Waals surface area (Å²) < 4.78 is 5.79. The molecule has 26 heavy (non-hydrogen) atoms. The van der Waals surface area contributed by atoms with Crippen LogP contribution >= 0.6 is 0 Å². The third-order valence-corrected chi connectivity index (χ3v) is 3.96. The van der Waals surface area contributed by atoms with Crippen molar-refractivity contribution in [3.8, 4) is 5.75 Å². The van der Waals surface area contributed by atoms with Gasteiger partial charge in [-0.25, -0.2) is 9.59 Å². The van der Waals surface area contributed by atoms with Crippen LogP contribution in [0.1, 0.15) is 19.3 Å². The van der Waals surface area contributed by atoms with Crippen molar-refractivity contribution in [2.24, 2.45) is 5.92 Å². The van der Waals surface area contributed by atoms with Gasteiger partial charge in [0.15, 0.2) is 0 Å². The quantitative estimate of drug-likeness (QED) is 0.650. The van der Waals surface area contributed by atoms with Crippen LogP contribution in [0, 0.1) is 5.92 Å². The van der Waals surface area contributed by atoms with Crippen LogP contribution in [0.2, 0.25) is 0 Å². The van der Waals surface area contributed by atoms with Gasteiger partial charge in [0, 0.05) is 37.9 Å². The van der Waals surface area contributed by atoms with E-state index in [9.17, 15) is 9.59 Å². The highest BCUT2D eigenvalue weighted by atomic mass is 16.5. The molecular formula is C18H25N3O5. The molecule has 1 saturated heterocycles. The number of hydrogen-bond donors (Lipinski definition) is 3. The molecule has 2 aliphatic rings. The first kappa shape index (κ1) is 19.7. The van der Waals surface area contributed by atoms with E-state index in [1.54, 1.807) is 0 Å². The number of carbonyl (C=O) groups is 2. The predicted octanol–water partition coefficient (Wildman–Crippen LogP) is 1.38. The SMILES string of the molecule is O=C(O)/C=C/C(=O)O.c1ncc(N2CCCNCC2)cc1OCC1CC1. The predicted molar refractivity (Wildman–Crippen MR) is 96.6 cm³/mol. The van der Waals surface area contributed by atoms with Crippen LogP contribution in [0.4, 0.5) is 5.69 Å².